The van der Waals surface area contributed by atoms with Gasteiger partial charge in [-0.1, -0.05) is 0 Å². The fourth-order valence-corrected chi connectivity index (χ4v) is 1.75. The third-order valence-electron chi connectivity index (χ3n) is 2.69. The molecule has 1 amide bonds. The molecule has 0 radical (unpaired) electrons. The normalized spacial score (nSPS) is 29.7. The van der Waals surface area contributed by atoms with Gasteiger partial charge in [-0.2, -0.15) is 0 Å². The molecule has 11 heavy (non-hydrogen) atoms. The molecule has 1 N–H and O–H groups in total. The van der Waals surface area contributed by atoms with E-state index < -0.39 is 0 Å². The van der Waals surface area contributed by atoms with Gasteiger partial charge in [-0.05, 0) is 19.9 Å². The molecule has 1 aliphatic heterocycles. The Morgan fingerprint density at radius 2 is 2.27 bits per heavy atom. The van der Waals surface area contributed by atoms with E-state index in [4.69, 9.17) is 0 Å². The minimum Gasteiger partial charge on any atom is -0.354 e. The molecular weight excluding hydrogens is 140 g/mol. The smallest absolute Gasteiger partial charge is 0.227 e. The van der Waals surface area contributed by atoms with Crippen molar-refractivity contribution in [2.24, 2.45) is 5.41 Å². The number of carbonyl (C=O) groups excluding carboxylic acids is 1. The zero-order valence-electron chi connectivity index (χ0n) is 6.89. The highest BCUT2D eigenvalue weighted by Crippen LogP contribution is 2.46. The minimum atomic E-state index is 0.0191. The molecule has 3 heteroatoms. The van der Waals surface area contributed by atoms with Crippen LogP contribution in [0.2, 0.25) is 0 Å². The van der Waals surface area contributed by atoms with Crippen LogP contribution in [0.25, 0.3) is 0 Å². The lowest BCUT2D eigenvalue weighted by Crippen LogP contribution is -2.32. The zero-order chi connectivity index (χ0) is 7.90. The molecule has 1 spiro atoms. The van der Waals surface area contributed by atoms with E-state index in [1.165, 1.54) is 0 Å². The van der Waals surface area contributed by atoms with Crippen LogP contribution >= 0.6 is 0 Å². The van der Waals surface area contributed by atoms with Gasteiger partial charge < -0.3 is 10.2 Å². The predicted octanol–water partition coefficient (Wildman–Crippen LogP) is -0.172. The Kier molecular flexibility index (Phi) is 1.42. The van der Waals surface area contributed by atoms with Gasteiger partial charge in [0.2, 0.25) is 5.91 Å². The molecule has 3 nitrogen and oxygen atoms in total. The molecule has 0 aromatic carbocycles. The van der Waals surface area contributed by atoms with Crippen molar-refractivity contribution in [3.05, 3.63) is 0 Å². The number of rotatable bonds is 0. The summed E-state index contributed by atoms with van der Waals surface area (Å²) in [4.78, 5) is 13.6. The van der Waals surface area contributed by atoms with Crippen molar-refractivity contribution in [3.8, 4) is 0 Å². The highest BCUT2D eigenvalue weighted by atomic mass is 16.2. The summed E-state index contributed by atoms with van der Waals surface area (Å²) in [7, 11) is 2.08. The highest BCUT2D eigenvalue weighted by Gasteiger charge is 2.50. The van der Waals surface area contributed by atoms with E-state index in [9.17, 15) is 4.79 Å². The fourth-order valence-electron chi connectivity index (χ4n) is 1.75. The van der Waals surface area contributed by atoms with E-state index in [2.05, 4.69) is 17.3 Å². The average molecular weight is 154 g/mol. The SMILES string of the molecule is CN1CCNC(=O)C2(CC2)C1. The summed E-state index contributed by atoms with van der Waals surface area (Å²) in [5.74, 6) is 0.279. The monoisotopic (exact) mass is 154 g/mol. The Bertz CT molecular complexity index is 187. The molecule has 2 fully saturated rings. The van der Waals surface area contributed by atoms with Crippen LogP contribution in [0.1, 0.15) is 12.8 Å². The van der Waals surface area contributed by atoms with Gasteiger partial charge in [0.05, 0.1) is 5.41 Å². The maximum Gasteiger partial charge on any atom is 0.227 e. The molecule has 1 saturated heterocycles. The van der Waals surface area contributed by atoms with Crippen LogP contribution in [0.15, 0.2) is 0 Å². The Morgan fingerprint density at radius 1 is 1.55 bits per heavy atom. The summed E-state index contributed by atoms with van der Waals surface area (Å²) in [5, 5.41) is 2.95. The second-order valence-corrected chi connectivity index (χ2v) is 3.77. The van der Waals surface area contributed by atoms with Gasteiger partial charge in [0.25, 0.3) is 0 Å². The third kappa shape index (κ3) is 1.13. The lowest BCUT2D eigenvalue weighted by Gasteiger charge is -2.16. The molecule has 0 atom stereocenters. The molecule has 0 unspecified atom stereocenters. The van der Waals surface area contributed by atoms with Gasteiger partial charge in [-0.25, -0.2) is 0 Å². The molecule has 62 valence electrons. The molecule has 1 aliphatic carbocycles. The summed E-state index contributed by atoms with van der Waals surface area (Å²) < 4.78 is 0. The number of nitrogens with one attached hydrogen (secondary N) is 1. The third-order valence-corrected chi connectivity index (χ3v) is 2.69. The summed E-state index contributed by atoms with van der Waals surface area (Å²) in [6.07, 6.45) is 2.17. The van der Waals surface area contributed by atoms with E-state index in [1.807, 2.05) is 0 Å². The topological polar surface area (TPSA) is 32.3 Å². The van der Waals surface area contributed by atoms with Crippen LogP contribution in [0.4, 0.5) is 0 Å². The van der Waals surface area contributed by atoms with Gasteiger partial charge in [-0.3, -0.25) is 4.79 Å². The first kappa shape index (κ1) is 7.10. The lowest BCUT2D eigenvalue weighted by molar-refractivity contribution is -0.125. The maximum absolute atomic E-state index is 11.4. The van der Waals surface area contributed by atoms with Gasteiger partial charge in [0.1, 0.15) is 0 Å². The Labute approximate surface area is 66.8 Å². The summed E-state index contributed by atoms with van der Waals surface area (Å²) in [5.41, 5.74) is 0.0191. The van der Waals surface area contributed by atoms with Crippen LogP contribution in [0, 0.1) is 5.41 Å². The van der Waals surface area contributed by atoms with Crippen molar-refractivity contribution >= 4 is 5.91 Å². The standard InChI is InChI=1S/C8H14N2O/c1-10-5-4-9-7(11)8(6-10)2-3-8/h2-6H2,1H3,(H,9,11). The molecule has 0 aromatic heterocycles. The first-order valence-corrected chi connectivity index (χ1v) is 4.20. The zero-order valence-corrected chi connectivity index (χ0v) is 6.89. The molecule has 2 rings (SSSR count). The molecule has 1 heterocycles. The Hall–Kier alpha value is -0.570. The highest BCUT2D eigenvalue weighted by molar-refractivity contribution is 5.85. The van der Waals surface area contributed by atoms with Crippen molar-refractivity contribution in [2.75, 3.05) is 26.7 Å². The van der Waals surface area contributed by atoms with E-state index >= 15 is 0 Å². The maximum atomic E-state index is 11.4. The largest absolute Gasteiger partial charge is 0.354 e. The molecule has 0 bridgehead atoms. The number of amides is 1. The van der Waals surface area contributed by atoms with Crippen molar-refractivity contribution in [2.45, 2.75) is 12.8 Å². The van der Waals surface area contributed by atoms with Crippen LogP contribution in [0.3, 0.4) is 0 Å². The predicted molar refractivity (Wildman–Crippen MR) is 42.2 cm³/mol. The molecule has 2 aliphatic rings. The number of nitrogens with zero attached hydrogens (tertiary/aromatic N) is 1. The average Bonchev–Trinajstić information content (AvgIpc) is 2.69. The van der Waals surface area contributed by atoms with Crippen LogP contribution < -0.4 is 5.32 Å². The van der Waals surface area contributed by atoms with Gasteiger partial charge in [-0.15, -0.1) is 0 Å². The fraction of sp³-hybridized carbons (Fsp3) is 0.875. The van der Waals surface area contributed by atoms with Crippen LogP contribution in [-0.2, 0) is 4.79 Å². The van der Waals surface area contributed by atoms with Crippen LogP contribution in [-0.4, -0.2) is 37.5 Å². The van der Waals surface area contributed by atoms with Gasteiger partial charge in [0, 0.05) is 19.6 Å². The summed E-state index contributed by atoms with van der Waals surface area (Å²) in [6.45, 7) is 2.77. The molecule has 0 aromatic rings. The molecule has 1 saturated carbocycles. The first-order valence-electron chi connectivity index (χ1n) is 4.20. The lowest BCUT2D eigenvalue weighted by atomic mass is 10.1. The second kappa shape index (κ2) is 2.21. The summed E-state index contributed by atoms with van der Waals surface area (Å²) >= 11 is 0. The second-order valence-electron chi connectivity index (χ2n) is 3.77. The van der Waals surface area contributed by atoms with E-state index in [0.717, 1.165) is 32.5 Å². The van der Waals surface area contributed by atoms with Crippen LogP contribution in [0.5, 0.6) is 0 Å². The number of carbonyl (C=O) groups is 1. The van der Waals surface area contributed by atoms with E-state index in [1.54, 1.807) is 0 Å². The van der Waals surface area contributed by atoms with Crippen molar-refractivity contribution in [1.29, 1.82) is 0 Å². The van der Waals surface area contributed by atoms with Crippen molar-refractivity contribution < 1.29 is 4.79 Å². The minimum absolute atomic E-state index is 0.0191. The van der Waals surface area contributed by atoms with E-state index in [0.29, 0.717) is 0 Å². The number of hydrogen-bond donors (Lipinski definition) is 1. The first-order chi connectivity index (χ1) is 5.23. The summed E-state index contributed by atoms with van der Waals surface area (Å²) in [6, 6.07) is 0. The number of likely N-dealkylation sites (N-methyl/N-ethyl adjacent to an activating group) is 1. The number of hydrogen-bond acceptors (Lipinski definition) is 2. The quantitative estimate of drug-likeness (QED) is 0.525. The van der Waals surface area contributed by atoms with Gasteiger partial charge >= 0.3 is 0 Å². The Morgan fingerprint density at radius 3 is 2.91 bits per heavy atom. The van der Waals surface area contributed by atoms with Crippen molar-refractivity contribution in [1.82, 2.24) is 10.2 Å². The van der Waals surface area contributed by atoms with Crippen molar-refractivity contribution in [3.63, 3.8) is 0 Å². The van der Waals surface area contributed by atoms with Gasteiger partial charge in [0.15, 0.2) is 0 Å². The van der Waals surface area contributed by atoms with E-state index in [-0.39, 0.29) is 11.3 Å². The molecular formula is C8H14N2O. The Balaban J connectivity index is 2.11.